The van der Waals surface area contributed by atoms with Gasteiger partial charge in [-0.2, -0.15) is 0 Å². The average molecular weight is 413 g/mol. The molecule has 2 aliphatic rings. The minimum Gasteiger partial charge on any atom is -0.387 e. The molecule has 0 unspecified atom stereocenters. The highest BCUT2D eigenvalue weighted by Gasteiger charge is 2.30. The predicted octanol–water partition coefficient (Wildman–Crippen LogP) is 1.48. The zero-order chi connectivity index (χ0) is 21.3. The number of halogens is 1. The smallest absolute Gasteiger partial charge is 0.268 e. The Labute approximate surface area is 173 Å². The maximum absolute atomic E-state index is 13.4. The van der Waals surface area contributed by atoms with Crippen molar-refractivity contribution in [1.29, 1.82) is 0 Å². The van der Waals surface area contributed by atoms with E-state index in [1.165, 1.54) is 33.7 Å². The van der Waals surface area contributed by atoms with Crippen LogP contribution >= 0.6 is 0 Å². The van der Waals surface area contributed by atoms with Crippen molar-refractivity contribution in [3.05, 3.63) is 63.3 Å². The molecule has 2 aromatic rings. The van der Waals surface area contributed by atoms with Crippen molar-refractivity contribution < 1.29 is 19.1 Å². The number of aliphatic hydroxyl groups excluding tert-OH is 1. The third kappa shape index (κ3) is 3.75. The van der Waals surface area contributed by atoms with Gasteiger partial charge in [-0.15, -0.1) is 0 Å². The van der Waals surface area contributed by atoms with Crippen LogP contribution in [0, 0.1) is 5.82 Å². The number of rotatable bonds is 3. The van der Waals surface area contributed by atoms with Crippen LogP contribution in [0.15, 0.2) is 35.3 Å². The lowest BCUT2D eigenvalue weighted by atomic mass is 9.95. The van der Waals surface area contributed by atoms with Gasteiger partial charge in [-0.05, 0) is 61.1 Å². The second kappa shape index (κ2) is 8.39. The minimum absolute atomic E-state index is 0.134. The molecule has 1 aromatic heterocycles. The van der Waals surface area contributed by atoms with E-state index in [1.54, 1.807) is 11.1 Å². The summed E-state index contributed by atoms with van der Waals surface area (Å²) in [7, 11) is 0. The fourth-order valence-corrected chi connectivity index (χ4v) is 4.24. The molecule has 158 valence electrons. The summed E-state index contributed by atoms with van der Waals surface area (Å²) in [5, 5.41) is 9.21. The van der Waals surface area contributed by atoms with E-state index < -0.39 is 23.9 Å². The Balaban J connectivity index is 1.84. The molecular weight excluding hydrogens is 389 g/mol. The van der Waals surface area contributed by atoms with Crippen molar-refractivity contribution in [2.24, 2.45) is 0 Å². The summed E-state index contributed by atoms with van der Waals surface area (Å²) < 4.78 is 14.7. The summed E-state index contributed by atoms with van der Waals surface area (Å²) in [6, 6.07) is 5.49. The first kappa shape index (κ1) is 20.3. The Morgan fingerprint density at radius 3 is 2.37 bits per heavy atom. The van der Waals surface area contributed by atoms with E-state index in [0.717, 1.165) is 19.3 Å². The van der Waals surface area contributed by atoms with E-state index in [-0.39, 0.29) is 18.0 Å². The molecule has 0 aliphatic carbocycles. The Hall–Kier alpha value is -3.00. The number of amides is 2. The lowest BCUT2D eigenvalue weighted by molar-refractivity contribution is -0.135. The van der Waals surface area contributed by atoms with Crippen LogP contribution in [0.3, 0.4) is 0 Å². The molecule has 1 N–H and O–H groups in total. The van der Waals surface area contributed by atoms with Crippen molar-refractivity contribution >= 4 is 11.8 Å². The maximum atomic E-state index is 13.4. The summed E-state index contributed by atoms with van der Waals surface area (Å²) in [4.78, 5) is 41.9. The van der Waals surface area contributed by atoms with Crippen LogP contribution in [0.4, 0.5) is 4.39 Å². The molecule has 2 amide bonds. The van der Waals surface area contributed by atoms with Crippen LogP contribution in [-0.2, 0) is 17.8 Å². The van der Waals surface area contributed by atoms with E-state index in [2.05, 4.69) is 0 Å². The monoisotopic (exact) mass is 413 g/mol. The molecule has 3 heterocycles. The first-order valence-electron chi connectivity index (χ1n) is 10.2. The number of carbonyl (C=O) groups excluding carboxylic acids is 2. The van der Waals surface area contributed by atoms with Crippen molar-refractivity contribution in [2.75, 3.05) is 26.2 Å². The fourth-order valence-electron chi connectivity index (χ4n) is 4.24. The van der Waals surface area contributed by atoms with Crippen molar-refractivity contribution in [2.45, 2.75) is 32.2 Å². The molecule has 7 nitrogen and oxygen atoms in total. The largest absolute Gasteiger partial charge is 0.387 e. The molecule has 4 rings (SSSR count). The number of fused-ring (bicyclic) bond motifs is 1. The summed E-state index contributed by atoms with van der Waals surface area (Å²) in [6.45, 7) is 1.19. The van der Waals surface area contributed by atoms with Gasteiger partial charge in [-0.1, -0.05) is 0 Å². The maximum Gasteiger partial charge on any atom is 0.268 e. The first-order chi connectivity index (χ1) is 14.5. The second-order valence-electron chi connectivity index (χ2n) is 7.74. The van der Waals surface area contributed by atoms with Crippen LogP contribution in [0.1, 0.15) is 40.7 Å². The number of piperidine rings is 1. The van der Waals surface area contributed by atoms with Crippen LogP contribution < -0.4 is 5.56 Å². The zero-order valence-electron chi connectivity index (χ0n) is 16.6. The number of hydrogen-bond donors (Lipinski definition) is 1. The van der Waals surface area contributed by atoms with E-state index in [9.17, 15) is 23.9 Å². The fraction of sp³-hybridized carbons (Fsp3) is 0.409. The second-order valence-corrected chi connectivity index (χ2v) is 7.74. The van der Waals surface area contributed by atoms with E-state index >= 15 is 0 Å². The number of hydrogen-bond acceptors (Lipinski definition) is 4. The van der Waals surface area contributed by atoms with Crippen molar-refractivity contribution in [1.82, 2.24) is 14.4 Å². The molecule has 1 saturated heterocycles. The molecule has 30 heavy (non-hydrogen) atoms. The van der Waals surface area contributed by atoms with Crippen LogP contribution in [0.2, 0.25) is 0 Å². The van der Waals surface area contributed by atoms with Gasteiger partial charge in [0.05, 0.1) is 0 Å². The molecule has 0 saturated carbocycles. The van der Waals surface area contributed by atoms with E-state index in [4.69, 9.17) is 0 Å². The van der Waals surface area contributed by atoms with Crippen LogP contribution in [0.25, 0.3) is 5.69 Å². The molecule has 0 atom stereocenters. The van der Waals surface area contributed by atoms with Gasteiger partial charge in [0.1, 0.15) is 18.0 Å². The molecule has 1 fully saturated rings. The number of likely N-dealkylation sites (tertiary alicyclic amines) is 1. The van der Waals surface area contributed by atoms with Gasteiger partial charge in [0.2, 0.25) is 5.91 Å². The molecule has 0 radical (unpaired) electrons. The van der Waals surface area contributed by atoms with Gasteiger partial charge in [0.15, 0.2) is 0 Å². The number of nitrogens with zero attached hydrogens (tertiary/aromatic N) is 3. The standard InChI is InChI=1S/C22H24FN3O4/c23-16-4-6-17(7-5-16)26-13-15-12-25(19(28)14-27)11-8-18(15)20(22(26)30)21(29)24-9-2-1-3-10-24/h4-7,13,27H,1-3,8-12,14H2. The first-order valence-corrected chi connectivity index (χ1v) is 10.2. The third-order valence-corrected chi connectivity index (χ3v) is 5.85. The quantitative estimate of drug-likeness (QED) is 0.826. The normalized spacial score (nSPS) is 16.3. The number of benzene rings is 1. The van der Waals surface area contributed by atoms with E-state index in [0.29, 0.717) is 42.9 Å². The number of aliphatic hydroxyl groups is 1. The minimum atomic E-state index is -0.591. The molecule has 0 bridgehead atoms. The summed E-state index contributed by atoms with van der Waals surface area (Å²) in [5.41, 5.74) is 1.50. The summed E-state index contributed by atoms with van der Waals surface area (Å²) in [5.74, 6) is -1.10. The highest BCUT2D eigenvalue weighted by atomic mass is 19.1. The van der Waals surface area contributed by atoms with Crippen molar-refractivity contribution in [3.63, 3.8) is 0 Å². The number of pyridine rings is 1. The lowest BCUT2D eigenvalue weighted by Gasteiger charge is -2.32. The van der Waals surface area contributed by atoms with Gasteiger partial charge < -0.3 is 14.9 Å². The predicted molar refractivity (Wildman–Crippen MR) is 108 cm³/mol. The van der Waals surface area contributed by atoms with Gasteiger partial charge in [0, 0.05) is 38.1 Å². The van der Waals surface area contributed by atoms with Gasteiger partial charge >= 0.3 is 0 Å². The Morgan fingerprint density at radius 1 is 1.00 bits per heavy atom. The molecule has 2 aliphatic heterocycles. The topological polar surface area (TPSA) is 82.8 Å². The van der Waals surface area contributed by atoms with E-state index in [1.807, 2.05) is 0 Å². The molecule has 0 spiro atoms. The SMILES string of the molecule is O=C(CO)N1CCc2c(cn(-c3ccc(F)cc3)c(=O)c2C(=O)N2CCCCC2)C1. The number of carbonyl (C=O) groups is 2. The third-order valence-electron chi connectivity index (χ3n) is 5.85. The summed E-state index contributed by atoms with van der Waals surface area (Å²) in [6.07, 6.45) is 4.87. The van der Waals surface area contributed by atoms with Crippen LogP contribution in [-0.4, -0.2) is 57.5 Å². The highest BCUT2D eigenvalue weighted by Crippen LogP contribution is 2.24. The molecule has 8 heteroatoms. The summed E-state index contributed by atoms with van der Waals surface area (Å²) >= 11 is 0. The highest BCUT2D eigenvalue weighted by molar-refractivity contribution is 5.96. The number of aromatic nitrogens is 1. The molecule has 1 aromatic carbocycles. The molecular formula is C22H24FN3O4. The Kier molecular flexibility index (Phi) is 5.67. The Bertz CT molecular complexity index is 1030. The van der Waals surface area contributed by atoms with Gasteiger partial charge in [0.25, 0.3) is 11.5 Å². The lowest BCUT2D eigenvalue weighted by Crippen LogP contribution is -2.44. The zero-order valence-corrected chi connectivity index (χ0v) is 16.6. The average Bonchev–Trinajstić information content (AvgIpc) is 2.78. The van der Waals surface area contributed by atoms with Gasteiger partial charge in [-0.3, -0.25) is 19.0 Å². The van der Waals surface area contributed by atoms with Gasteiger partial charge in [-0.25, -0.2) is 4.39 Å². The Morgan fingerprint density at radius 2 is 1.70 bits per heavy atom. The van der Waals surface area contributed by atoms with Crippen LogP contribution in [0.5, 0.6) is 0 Å². The van der Waals surface area contributed by atoms with Crippen molar-refractivity contribution in [3.8, 4) is 5.69 Å².